The fraction of sp³-hybridized carbons (Fsp3) is 0.323. The van der Waals surface area contributed by atoms with Crippen molar-refractivity contribution in [1.29, 1.82) is 0 Å². The van der Waals surface area contributed by atoms with Gasteiger partial charge in [0.15, 0.2) is 11.5 Å². The molecule has 0 radical (unpaired) electrons. The van der Waals surface area contributed by atoms with E-state index in [0.29, 0.717) is 48.7 Å². The van der Waals surface area contributed by atoms with Crippen molar-refractivity contribution in [1.82, 2.24) is 20.4 Å². The molecular weight excluding hydrogens is 527 g/mol. The molecule has 2 heterocycles. The molecule has 0 saturated carbocycles. The normalized spacial score (nSPS) is 14.0. The van der Waals surface area contributed by atoms with Crippen LogP contribution in [0.5, 0.6) is 17.2 Å². The molecule has 0 spiro atoms. The number of nitrogens with one attached hydrogen (secondary N) is 1. The second-order valence-corrected chi connectivity index (χ2v) is 9.91. The monoisotopic (exact) mass is 560 g/mol. The first-order valence-electron chi connectivity index (χ1n) is 13.5. The van der Waals surface area contributed by atoms with E-state index in [2.05, 4.69) is 20.4 Å². The van der Waals surface area contributed by atoms with Gasteiger partial charge in [-0.1, -0.05) is 29.4 Å². The van der Waals surface area contributed by atoms with Crippen LogP contribution in [-0.4, -0.2) is 48.3 Å². The fourth-order valence-electron chi connectivity index (χ4n) is 4.74. The van der Waals surface area contributed by atoms with Gasteiger partial charge in [0, 0.05) is 18.0 Å². The number of likely N-dealkylation sites (tertiary alicyclic amines) is 1. The number of nitrogens with zero attached hydrogens (tertiary/aromatic N) is 3. The number of methoxy groups -OCH3 is 2. The third-order valence-electron chi connectivity index (χ3n) is 7.14. The molecule has 214 valence electrons. The quantitative estimate of drug-likeness (QED) is 0.274. The largest absolute Gasteiger partial charge is 0.493 e. The minimum Gasteiger partial charge on any atom is -0.493 e. The van der Waals surface area contributed by atoms with Gasteiger partial charge in [0.05, 0.1) is 20.8 Å². The first-order chi connectivity index (χ1) is 20.0. The predicted octanol–water partition coefficient (Wildman–Crippen LogP) is 5.00. The van der Waals surface area contributed by atoms with E-state index in [-0.39, 0.29) is 17.6 Å². The summed E-state index contributed by atoms with van der Waals surface area (Å²) in [6.45, 7) is 2.89. The van der Waals surface area contributed by atoms with Crippen LogP contribution in [0.2, 0.25) is 0 Å². The van der Waals surface area contributed by atoms with Gasteiger partial charge in [-0.15, -0.1) is 0 Å². The van der Waals surface area contributed by atoms with E-state index in [9.17, 15) is 9.18 Å². The highest BCUT2D eigenvalue weighted by atomic mass is 19.1. The first-order valence-corrected chi connectivity index (χ1v) is 13.5. The molecule has 0 aliphatic carbocycles. The highest BCUT2D eigenvalue weighted by Crippen LogP contribution is 2.31. The van der Waals surface area contributed by atoms with Gasteiger partial charge in [0.25, 0.3) is 0 Å². The van der Waals surface area contributed by atoms with Crippen LogP contribution in [0, 0.1) is 11.7 Å². The summed E-state index contributed by atoms with van der Waals surface area (Å²) < 4.78 is 34.9. The third-order valence-corrected chi connectivity index (χ3v) is 7.14. The van der Waals surface area contributed by atoms with E-state index >= 15 is 0 Å². The molecule has 4 aromatic rings. The minimum atomic E-state index is -0.267. The maximum absolute atomic E-state index is 13.0. The molecule has 1 aliphatic rings. The molecule has 0 unspecified atom stereocenters. The molecule has 9 nitrogen and oxygen atoms in total. The number of hydrogen-bond donors (Lipinski definition) is 1. The van der Waals surface area contributed by atoms with Crippen molar-refractivity contribution in [3.63, 3.8) is 0 Å². The lowest BCUT2D eigenvalue weighted by molar-refractivity contribution is -0.126. The molecule has 5 rings (SSSR count). The van der Waals surface area contributed by atoms with Crippen molar-refractivity contribution in [2.24, 2.45) is 5.92 Å². The molecule has 1 amide bonds. The van der Waals surface area contributed by atoms with Crippen LogP contribution in [0.1, 0.15) is 29.9 Å². The Kier molecular flexibility index (Phi) is 9.10. The van der Waals surface area contributed by atoms with Crippen molar-refractivity contribution in [3.8, 4) is 28.6 Å². The van der Waals surface area contributed by atoms with Crippen LogP contribution < -0.4 is 19.5 Å². The lowest BCUT2D eigenvalue weighted by Gasteiger charge is -2.30. The van der Waals surface area contributed by atoms with Crippen molar-refractivity contribution in [2.75, 3.05) is 27.3 Å². The van der Waals surface area contributed by atoms with E-state index in [0.717, 1.165) is 42.6 Å². The summed E-state index contributed by atoms with van der Waals surface area (Å²) in [5.41, 5.74) is 2.66. The van der Waals surface area contributed by atoms with Gasteiger partial charge in [-0.2, -0.15) is 4.98 Å². The Morgan fingerprint density at radius 1 is 0.976 bits per heavy atom. The van der Waals surface area contributed by atoms with Crippen LogP contribution in [0.25, 0.3) is 11.4 Å². The number of carbonyl (C=O) groups is 1. The standard InChI is InChI=1S/C31H33FN4O5/c1-38-27-12-7-24(17-28(27)39-2)30-34-29(41-35-30)19-36-15-13-23(14-16-36)31(37)33-18-21-5-10-26(11-6-21)40-20-22-3-8-25(32)9-4-22/h3-12,17,23H,13-16,18-20H2,1-2H3,(H,33,37). The molecular formula is C31H33FN4O5. The third kappa shape index (κ3) is 7.40. The van der Waals surface area contributed by atoms with Gasteiger partial charge in [-0.25, -0.2) is 4.39 Å². The zero-order valence-corrected chi connectivity index (χ0v) is 23.1. The number of piperidine rings is 1. The second kappa shape index (κ2) is 13.3. The lowest BCUT2D eigenvalue weighted by Crippen LogP contribution is -2.40. The summed E-state index contributed by atoms with van der Waals surface area (Å²) in [5.74, 6) is 2.73. The second-order valence-electron chi connectivity index (χ2n) is 9.91. The van der Waals surface area contributed by atoms with Gasteiger partial charge < -0.3 is 24.1 Å². The summed E-state index contributed by atoms with van der Waals surface area (Å²) in [6, 6.07) is 19.3. The van der Waals surface area contributed by atoms with Crippen molar-refractivity contribution in [3.05, 3.63) is 89.6 Å². The van der Waals surface area contributed by atoms with E-state index in [1.54, 1.807) is 26.4 Å². The van der Waals surface area contributed by atoms with Gasteiger partial charge in [-0.05, 0) is 79.5 Å². The van der Waals surface area contributed by atoms with E-state index < -0.39 is 0 Å². The van der Waals surface area contributed by atoms with Crippen LogP contribution in [0.4, 0.5) is 4.39 Å². The number of carbonyl (C=O) groups excluding carboxylic acids is 1. The van der Waals surface area contributed by atoms with Crippen LogP contribution in [0.15, 0.2) is 71.3 Å². The van der Waals surface area contributed by atoms with E-state index in [4.69, 9.17) is 18.7 Å². The van der Waals surface area contributed by atoms with Gasteiger partial charge >= 0.3 is 0 Å². The van der Waals surface area contributed by atoms with Crippen LogP contribution in [-0.2, 0) is 24.5 Å². The molecule has 41 heavy (non-hydrogen) atoms. The topological polar surface area (TPSA) is 99.0 Å². The number of rotatable bonds is 11. The average Bonchev–Trinajstić information content (AvgIpc) is 3.48. The highest BCUT2D eigenvalue weighted by Gasteiger charge is 2.26. The maximum Gasteiger partial charge on any atom is 0.241 e. The van der Waals surface area contributed by atoms with Gasteiger partial charge in [0.1, 0.15) is 18.2 Å². The number of amides is 1. The molecule has 0 atom stereocenters. The Labute approximate surface area is 238 Å². The summed E-state index contributed by atoms with van der Waals surface area (Å²) in [5, 5.41) is 7.18. The van der Waals surface area contributed by atoms with E-state index in [1.807, 2.05) is 42.5 Å². The van der Waals surface area contributed by atoms with Crippen molar-refractivity contribution in [2.45, 2.75) is 32.5 Å². The maximum atomic E-state index is 13.0. The zero-order valence-electron chi connectivity index (χ0n) is 23.1. The molecule has 1 aromatic heterocycles. The Balaban J connectivity index is 1.04. The van der Waals surface area contributed by atoms with Crippen molar-refractivity contribution < 1.29 is 27.9 Å². The van der Waals surface area contributed by atoms with Crippen LogP contribution in [0.3, 0.4) is 0 Å². The minimum absolute atomic E-state index is 0.0328. The molecule has 1 aliphatic heterocycles. The average molecular weight is 561 g/mol. The number of halogens is 1. The molecule has 1 N–H and O–H groups in total. The number of hydrogen-bond acceptors (Lipinski definition) is 8. The molecule has 0 bridgehead atoms. The Bertz CT molecular complexity index is 1430. The first kappa shape index (κ1) is 28.1. The molecule has 1 saturated heterocycles. The van der Waals surface area contributed by atoms with Crippen LogP contribution >= 0.6 is 0 Å². The summed E-state index contributed by atoms with van der Waals surface area (Å²) in [4.78, 5) is 19.6. The highest BCUT2D eigenvalue weighted by molar-refractivity contribution is 5.78. The van der Waals surface area contributed by atoms with Crippen molar-refractivity contribution >= 4 is 5.91 Å². The predicted molar refractivity (Wildman–Crippen MR) is 150 cm³/mol. The summed E-state index contributed by atoms with van der Waals surface area (Å²) in [7, 11) is 3.17. The van der Waals surface area contributed by atoms with Gasteiger partial charge in [-0.3, -0.25) is 9.69 Å². The summed E-state index contributed by atoms with van der Waals surface area (Å²) >= 11 is 0. The smallest absolute Gasteiger partial charge is 0.241 e. The van der Waals surface area contributed by atoms with Gasteiger partial charge in [0.2, 0.25) is 17.6 Å². The van der Waals surface area contributed by atoms with E-state index in [1.165, 1.54) is 12.1 Å². The summed E-state index contributed by atoms with van der Waals surface area (Å²) in [6.07, 6.45) is 1.53. The lowest BCUT2D eigenvalue weighted by atomic mass is 9.96. The zero-order chi connectivity index (χ0) is 28.6. The SMILES string of the molecule is COc1ccc(-c2noc(CN3CCC(C(=O)NCc4ccc(OCc5ccc(F)cc5)cc4)CC3)n2)cc1OC. The fourth-order valence-corrected chi connectivity index (χ4v) is 4.74. The number of benzene rings is 3. The number of aromatic nitrogens is 2. The Morgan fingerprint density at radius 2 is 1.68 bits per heavy atom. The Morgan fingerprint density at radius 3 is 2.39 bits per heavy atom. The number of ether oxygens (including phenoxy) is 3. The Hall–Kier alpha value is -4.44. The molecule has 3 aromatic carbocycles. The molecule has 1 fully saturated rings. The molecule has 10 heteroatoms.